The Morgan fingerprint density at radius 3 is 2.56 bits per heavy atom. The number of hydrogen-bond acceptors (Lipinski definition) is 3. The van der Waals surface area contributed by atoms with Gasteiger partial charge in [0.1, 0.15) is 0 Å². The molecule has 1 aromatic carbocycles. The number of benzene rings is 1. The number of anilines is 1. The fraction of sp³-hybridized carbons (Fsp3) is 0.571. The molecule has 0 aliphatic carbocycles. The summed E-state index contributed by atoms with van der Waals surface area (Å²) in [6, 6.07) is 6.56. The molecule has 0 fully saturated rings. The van der Waals surface area contributed by atoms with Crippen molar-refractivity contribution in [3.05, 3.63) is 28.2 Å². The largest absolute Gasteiger partial charge is 0.389 e. The normalized spacial score (nSPS) is 14.3. The van der Waals surface area contributed by atoms with Crippen LogP contribution in [0, 0.1) is 0 Å². The lowest BCUT2D eigenvalue weighted by Crippen LogP contribution is -2.29. The van der Waals surface area contributed by atoms with Gasteiger partial charge in [0, 0.05) is 17.6 Å². The first-order valence-corrected chi connectivity index (χ1v) is 8.35. The topological polar surface area (TPSA) is 23.5 Å². The Hall–Kier alpha value is -0.190. The van der Waals surface area contributed by atoms with Gasteiger partial charge in [-0.25, -0.2) is 0 Å². The van der Waals surface area contributed by atoms with E-state index in [-0.39, 0.29) is 0 Å². The van der Waals surface area contributed by atoms with Crippen molar-refractivity contribution in [2.24, 2.45) is 0 Å². The van der Waals surface area contributed by atoms with Gasteiger partial charge in [-0.15, -0.1) is 0 Å². The number of nitrogens with zero attached hydrogens (tertiary/aromatic N) is 1. The maximum atomic E-state index is 9.57. The minimum atomic E-state index is -0.422. The second-order valence-corrected chi connectivity index (χ2v) is 6.47. The van der Waals surface area contributed by atoms with Crippen molar-refractivity contribution in [2.75, 3.05) is 24.0 Å². The van der Waals surface area contributed by atoms with Crippen LogP contribution in [0.5, 0.6) is 0 Å². The zero-order valence-electron chi connectivity index (χ0n) is 11.5. The molecule has 2 nitrogen and oxygen atoms in total. The summed E-state index contributed by atoms with van der Waals surface area (Å²) in [4.78, 5) is 2.28. The predicted octanol–water partition coefficient (Wildman–Crippen LogP) is 4.08. The summed E-state index contributed by atoms with van der Waals surface area (Å²) in [7, 11) is 2.12. The number of halogens is 1. The van der Waals surface area contributed by atoms with Gasteiger partial charge in [-0.3, -0.25) is 0 Å². The average molecular weight is 332 g/mol. The quantitative estimate of drug-likeness (QED) is 0.849. The number of aliphatic hydroxyl groups is 1. The van der Waals surface area contributed by atoms with Gasteiger partial charge in [-0.2, -0.15) is 11.8 Å². The third-order valence-electron chi connectivity index (χ3n) is 3.24. The zero-order valence-corrected chi connectivity index (χ0v) is 13.9. The zero-order chi connectivity index (χ0) is 13.7. The number of hydrogen-bond donors (Lipinski definition) is 1. The highest BCUT2D eigenvalue weighted by Crippen LogP contribution is 2.30. The van der Waals surface area contributed by atoms with E-state index >= 15 is 0 Å². The van der Waals surface area contributed by atoms with Gasteiger partial charge in [-0.1, -0.05) is 6.07 Å². The van der Waals surface area contributed by atoms with Crippen molar-refractivity contribution in [1.29, 1.82) is 0 Å². The highest BCUT2D eigenvalue weighted by atomic mass is 79.9. The smallest absolute Gasteiger partial charge is 0.0762 e. The third kappa shape index (κ3) is 4.18. The molecule has 0 saturated heterocycles. The van der Waals surface area contributed by atoms with E-state index < -0.39 is 6.10 Å². The van der Waals surface area contributed by atoms with Crippen LogP contribution in [0.2, 0.25) is 0 Å². The van der Waals surface area contributed by atoms with E-state index in [1.165, 1.54) is 17.9 Å². The molecule has 0 spiro atoms. The minimum absolute atomic E-state index is 0.422. The molecule has 0 saturated carbocycles. The van der Waals surface area contributed by atoms with Gasteiger partial charge < -0.3 is 10.0 Å². The van der Waals surface area contributed by atoms with Crippen LogP contribution in [-0.4, -0.2) is 30.2 Å². The molecule has 2 atom stereocenters. The van der Waals surface area contributed by atoms with Crippen molar-refractivity contribution in [3.8, 4) is 0 Å². The lowest BCUT2D eigenvalue weighted by atomic mass is 10.1. The molecule has 102 valence electrons. The van der Waals surface area contributed by atoms with Gasteiger partial charge in [0.05, 0.1) is 11.8 Å². The van der Waals surface area contributed by atoms with Crippen LogP contribution in [0.4, 0.5) is 5.69 Å². The molecule has 4 heteroatoms. The van der Waals surface area contributed by atoms with E-state index in [2.05, 4.69) is 47.1 Å². The first-order valence-electron chi connectivity index (χ1n) is 6.16. The van der Waals surface area contributed by atoms with Crippen molar-refractivity contribution in [3.63, 3.8) is 0 Å². The Labute approximate surface area is 123 Å². The van der Waals surface area contributed by atoms with E-state index in [1.807, 2.05) is 23.9 Å². The molecular weight excluding hydrogens is 310 g/mol. The number of rotatable bonds is 6. The van der Waals surface area contributed by atoms with Crippen LogP contribution in [-0.2, 0) is 0 Å². The molecule has 1 rings (SSSR count). The van der Waals surface area contributed by atoms with Crippen molar-refractivity contribution in [1.82, 2.24) is 0 Å². The lowest BCUT2D eigenvalue weighted by molar-refractivity contribution is 0.199. The van der Waals surface area contributed by atoms with Crippen molar-refractivity contribution in [2.45, 2.75) is 32.4 Å². The van der Waals surface area contributed by atoms with Gasteiger partial charge in [0.15, 0.2) is 0 Å². The van der Waals surface area contributed by atoms with Crippen LogP contribution in [0.3, 0.4) is 0 Å². The molecule has 1 aromatic rings. The first kappa shape index (κ1) is 15.9. The Morgan fingerprint density at radius 1 is 1.39 bits per heavy atom. The van der Waals surface area contributed by atoms with Crippen LogP contribution < -0.4 is 4.90 Å². The molecule has 2 unspecified atom stereocenters. The second-order valence-electron chi connectivity index (χ2n) is 4.63. The maximum Gasteiger partial charge on any atom is 0.0762 e. The second kappa shape index (κ2) is 7.41. The van der Waals surface area contributed by atoms with Crippen molar-refractivity contribution < 1.29 is 5.11 Å². The average Bonchev–Trinajstić information content (AvgIpc) is 2.34. The van der Waals surface area contributed by atoms with E-state index in [9.17, 15) is 5.11 Å². The summed E-state index contributed by atoms with van der Waals surface area (Å²) >= 11 is 5.48. The Balaban J connectivity index is 2.82. The van der Waals surface area contributed by atoms with Gasteiger partial charge >= 0.3 is 0 Å². The summed E-state index contributed by atoms with van der Waals surface area (Å²) in [5.74, 6) is 1.18. The minimum Gasteiger partial charge on any atom is -0.389 e. The van der Waals surface area contributed by atoms with Crippen LogP contribution >= 0.6 is 27.7 Å². The van der Waals surface area contributed by atoms with E-state index in [1.54, 1.807) is 6.92 Å². The summed E-state index contributed by atoms with van der Waals surface area (Å²) < 4.78 is 1.04. The summed E-state index contributed by atoms with van der Waals surface area (Å²) in [6.07, 6.45) is 2.89. The molecule has 0 bridgehead atoms. The summed E-state index contributed by atoms with van der Waals surface area (Å²) in [5.41, 5.74) is 2.11. The highest BCUT2D eigenvalue weighted by Gasteiger charge is 2.13. The van der Waals surface area contributed by atoms with E-state index in [0.717, 1.165) is 10.0 Å². The fourth-order valence-corrected chi connectivity index (χ4v) is 3.04. The molecule has 0 amide bonds. The monoisotopic (exact) mass is 331 g/mol. The Bertz CT molecular complexity index is 384. The van der Waals surface area contributed by atoms with Crippen LogP contribution in [0.25, 0.3) is 0 Å². The predicted molar refractivity (Wildman–Crippen MR) is 85.6 cm³/mol. The highest BCUT2D eigenvalue weighted by molar-refractivity contribution is 9.10. The molecular formula is C14H22BrNOS. The van der Waals surface area contributed by atoms with Crippen molar-refractivity contribution >= 4 is 33.4 Å². The standard InChI is InChI=1S/C14H22BrNOS/c1-10(7-8-18-4)16(3)14-6-5-12(11(2)17)9-13(14)15/h5-6,9-11,17H,7-8H2,1-4H3. The SMILES string of the molecule is CSCCC(C)N(C)c1ccc(C(C)O)cc1Br. The molecule has 0 aliphatic rings. The molecule has 0 aromatic heterocycles. The lowest BCUT2D eigenvalue weighted by Gasteiger charge is -2.28. The number of thioether (sulfide) groups is 1. The Kier molecular flexibility index (Phi) is 6.53. The summed E-state index contributed by atoms with van der Waals surface area (Å²) in [5, 5.41) is 9.57. The molecule has 18 heavy (non-hydrogen) atoms. The van der Waals surface area contributed by atoms with E-state index in [4.69, 9.17) is 0 Å². The Morgan fingerprint density at radius 2 is 2.06 bits per heavy atom. The third-order valence-corrected chi connectivity index (χ3v) is 4.51. The molecule has 0 heterocycles. The molecule has 1 N–H and O–H groups in total. The van der Waals surface area contributed by atoms with Gasteiger partial charge in [0.25, 0.3) is 0 Å². The maximum absolute atomic E-state index is 9.57. The fourth-order valence-electron chi connectivity index (χ4n) is 1.79. The van der Waals surface area contributed by atoms with Crippen LogP contribution in [0.1, 0.15) is 31.9 Å². The first-order chi connectivity index (χ1) is 8.47. The van der Waals surface area contributed by atoms with Crippen LogP contribution in [0.15, 0.2) is 22.7 Å². The summed E-state index contributed by atoms with van der Waals surface area (Å²) in [6.45, 7) is 4.03. The van der Waals surface area contributed by atoms with Gasteiger partial charge in [0.2, 0.25) is 0 Å². The van der Waals surface area contributed by atoms with E-state index in [0.29, 0.717) is 6.04 Å². The molecule has 0 aliphatic heterocycles. The number of aliphatic hydroxyl groups excluding tert-OH is 1. The molecule has 0 radical (unpaired) electrons. The van der Waals surface area contributed by atoms with Gasteiger partial charge in [-0.05, 0) is 65.9 Å².